The zero-order valence-corrected chi connectivity index (χ0v) is 49.9. The van der Waals surface area contributed by atoms with E-state index in [9.17, 15) is 9.90 Å². The van der Waals surface area contributed by atoms with Gasteiger partial charge in [0.2, 0.25) is 17.7 Å². The van der Waals surface area contributed by atoms with Crippen LogP contribution in [-0.2, 0) is 88.1 Å². The van der Waals surface area contributed by atoms with Crippen molar-refractivity contribution in [3.05, 3.63) is 261 Å². The van der Waals surface area contributed by atoms with Gasteiger partial charge in [0.1, 0.15) is 40.9 Å². The highest BCUT2D eigenvalue weighted by atomic mass is 79.9. The lowest BCUT2D eigenvalue weighted by Crippen LogP contribution is -2.56. The number of guanidine groups is 2. The number of nitrogens with two attached hydrogens (primary N) is 4. The maximum atomic E-state index is 12.9. The smallest absolute Gasteiger partial charge is 0.341 e. The van der Waals surface area contributed by atoms with Crippen LogP contribution in [0.15, 0.2) is 221 Å². The Morgan fingerprint density at radius 2 is 0.908 bits per heavy atom. The van der Waals surface area contributed by atoms with Gasteiger partial charge >= 0.3 is 5.97 Å². The van der Waals surface area contributed by atoms with E-state index in [2.05, 4.69) is 36.8 Å². The molecule has 12 rings (SSSR count). The van der Waals surface area contributed by atoms with Crippen LogP contribution in [0.4, 0.5) is 0 Å². The number of esters is 1. The number of aromatic nitrogens is 2. The molecule has 8 aromatic rings. The Labute approximate surface area is 514 Å². The first-order valence-corrected chi connectivity index (χ1v) is 29.3. The molecule has 2 fully saturated rings. The molecular formula is C66H73BrN10O10. The van der Waals surface area contributed by atoms with Gasteiger partial charge in [-0.1, -0.05) is 182 Å². The number of fused-ring (bicyclic) bond motifs is 2. The number of ether oxygens (including phenoxy) is 8. The standard InChI is InChI=1S/C33H37N5O5.C27H28O5.C6H8BrN5/c1-32(42-21-25-15-9-4-10-16-25)29(41-20-24-13-7-3-8-14-24)27(22-40-19-23-11-5-2-6-12-23)43-33(32,39)28-18-17-26-30(34)36-31(35)37-38(26)28;1-27(31-19-23-15-9-4-10-16-23)25(30-18-22-13-7-3-8-14-22)24(32-26(27)28)20-29-17-21-11-5-2-6-12-21;7-4-2-1-3-5(8)10-6(9)11-12(3)4/h2-18,27,29-30,39H,19-22,34H2,1H3,(H3,35,36,37);2-16,24-25H,17-20H2,1H3;1-2,5H,8H2,(H3,9,10,11)/t27-,29-,30?,32-,33+;24-,25-,27-;/m11./s1. The number of nitrogens with zero attached hydrogens (tertiary/aromatic N) is 4. The summed E-state index contributed by atoms with van der Waals surface area (Å²) < 4.78 is 54.2. The predicted octanol–water partition coefficient (Wildman–Crippen LogP) is 8.41. The summed E-state index contributed by atoms with van der Waals surface area (Å²) in [6, 6.07) is 66.3. The largest absolute Gasteiger partial charge is 0.455 e. The van der Waals surface area contributed by atoms with Gasteiger partial charge in [0.25, 0.3) is 0 Å². The Balaban J connectivity index is 0.000000166. The SMILES string of the molecule is C[C@@]1(OCc2ccccc2)[C@H](OCc2ccccc2)[C@@H](COCc2ccccc2)O[C@@]1(O)c1ccc2n1NC(N)=NC2N.C[C@]1(OCc2ccccc2)C(=O)O[C@H](COCc2ccccc2)[C@H]1OCc1ccccc1.NC1=NC(N)c2ccc(Br)n2N1. The van der Waals surface area contributed by atoms with Crippen LogP contribution >= 0.6 is 15.9 Å². The summed E-state index contributed by atoms with van der Waals surface area (Å²) in [7, 11) is 0. The normalized spacial score (nSPS) is 24.3. The molecule has 0 radical (unpaired) electrons. The van der Waals surface area contributed by atoms with Gasteiger partial charge in [-0.15, -0.1) is 0 Å². The van der Waals surface area contributed by atoms with Gasteiger partial charge in [-0.3, -0.25) is 15.5 Å². The van der Waals surface area contributed by atoms with Crippen LogP contribution in [-0.4, -0.2) is 81.2 Å². The van der Waals surface area contributed by atoms with Crippen LogP contribution in [0.1, 0.15) is 76.6 Å². The molecule has 4 aliphatic heterocycles. The van der Waals surface area contributed by atoms with Crippen LogP contribution in [0.2, 0.25) is 0 Å². The minimum absolute atomic E-state index is 0.116. The molecule has 0 aliphatic carbocycles. The lowest BCUT2D eigenvalue weighted by atomic mass is 9.87. The first-order chi connectivity index (χ1) is 42.2. The number of cyclic esters (lactones) is 1. The van der Waals surface area contributed by atoms with Gasteiger partial charge < -0.3 is 65.9 Å². The Morgan fingerprint density at radius 1 is 0.517 bits per heavy atom. The maximum absolute atomic E-state index is 12.9. The van der Waals surface area contributed by atoms with Crippen molar-refractivity contribution in [2.75, 3.05) is 24.1 Å². The fraction of sp³-hybridized carbons (Fsp3) is 0.288. The second-order valence-corrected chi connectivity index (χ2v) is 22.3. The van der Waals surface area contributed by atoms with E-state index >= 15 is 0 Å². The van der Waals surface area contributed by atoms with E-state index in [1.807, 2.05) is 201 Å². The maximum Gasteiger partial charge on any atom is 0.341 e. The van der Waals surface area contributed by atoms with Crippen molar-refractivity contribution >= 4 is 33.8 Å². The number of aliphatic hydroxyl groups is 1. The molecule has 2 saturated heterocycles. The Morgan fingerprint density at radius 3 is 1.39 bits per heavy atom. The monoisotopic (exact) mass is 1240 g/mol. The minimum atomic E-state index is -2.01. The van der Waals surface area contributed by atoms with Crippen molar-refractivity contribution in [1.82, 2.24) is 9.35 Å². The molecule has 11 N–H and O–H groups in total. The van der Waals surface area contributed by atoms with Crippen molar-refractivity contribution in [2.24, 2.45) is 32.9 Å². The molecule has 2 aromatic heterocycles. The number of hydrogen-bond donors (Lipinski definition) is 7. The predicted molar refractivity (Wildman–Crippen MR) is 333 cm³/mol. The molecular weight excluding hydrogens is 1170 g/mol. The van der Waals surface area contributed by atoms with Crippen molar-refractivity contribution in [3.63, 3.8) is 0 Å². The number of hydrogen-bond acceptors (Lipinski definition) is 18. The van der Waals surface area contributed by atoms with Gasteiger partial charge in [0, 0.05) is 0 Å². The molecule has 20 nitrogen and oxygen atoms in total. The molecule has 0 bridgehead atoms. The van der Waals surface area contributed by atoms with Crippen molar-refractivity contribution in [2.45, 2.75) is 107 Å². The van der Waals surface area contributed by atoms with Crippen LogP contribution in [0.5, 0.6) is 0 Å². The molecule has 454 valence electrons. The van der Waals surface area contributed by atoms with Gasteiger partial charge in [0.05, 0.1) is 64.2 Å². The van der Waals surface area contributed by atoms with E-state index in [4.69, 9.17) is 60.8 Å². The van der Waals surface area contributed by atoms with E-state index in [1.165, 1.54) is 0 Å². The second kappa shape index (κ2) is 28.7. The molecule has 87 heavy (non-hydrogen) atoms. The van der Waals surface area contributed by atoms with Gasteiger partial charge in [0.15, 0.2) is 17.3 Å². The summed E-state index contributed by atoms with van der Waals surface area (Å²) in [5.41, 5.74) is 34.5. The Hall–Kier alpha value is -8.03. The van der Waals surface area contributed by atoms with Gasteiger partial charge in [-0.05, 0) is 87.4 Å². The molecule has 6 aromatic carbocycles. The number of rotatable bonds is 21. The molecule has 4 aliphatic rings. The molecule has 0 amide bonds. The van der Waals surface area contributed by atoms with E-state index in [1.54, 1.807) is 28.4 Å². The first kappa shape index (κ1) is 62.0. The summed E-state index contributed by atoms with van der Waals surface area (Å²) in [6.45, 7) is 5.84. The average molecular weight is 1250 g/mol. The number of carbonyl (C=O) groups excluding carboxylic acids is 1. The molecule has 6 heterocycles. The van der Waals surface area contributed by atoms with E-state index in [-0.39, 0.29) is 45.2 Å². The zero-order valence-electron chi connectivity index (χ0n) is 48.3. The van der Waals surface area contributed by atoms with Gasteiger partial charge in [-0.2, -0.15) is 0 Å². The quantitative estimate of drug-likeness (QED) is 0.0333. The highest BCUT2D eigenvalue weighted by Gasteiger charge is 2.67. The second-order valence-electron chi connectivity index (χ2n) is 21.5. The van der Waals surface area contributed by atoms with E-state index in [0.717, 1.165) is 43.7 Å². The summed E-state index contributed by atoms with van der Waals surface area (Å²) in [4.78, 5) is 21.1. The van der Waals surface area contributed by atoms with Crippen LogP contribution in [0.3, 0.4) is 0 Å². The van der Waals surface area contributed by atoms with Crippen molar-refractivity contribution < 1.29 is 47.8 Å². The highest BCUT2D eigenvalue weighted by molar-refractivity contribution is 9.10. The Bertz CT molecular complexity index is 3540. The third-order valence-electron chi connectivity index (χ3n) is 15.3. The molecule has 0 saturated carbocycles. The molecule has 2 unspecified atom stereocenters. The zero-order chi connectivity index (χ0) is 60.8. The summed E-state index contributed by atoms with van der Waals surface area (Å²) in [5.74, 6) is -2.00. The average Bonchev–Trinajstić information content (AvgIpc) is 1.63. The first-order valence-electron chi connectivity index (χ1n) is 28.5. The lowest BCUT2D eigenvalue weighted by molar-refractivity contribution is -0.294. The summed E-state index contributed by atoms with van der Waals surface area (Å²) in [6.07, 6.45) is -3.70. The topological polar surface area (TPSA) is 274 Å². The number of nitrogens with one attached hydrogen (secondary N) is 2. The van der Waals surface area contributed by atoms with Crippen LogP contribution in [0, 0.1) is 0 Å². The lowest BCUT2D eigenvalue weighted by Gasteiger charge is -2.41. The number of carbonyl (C=O) groups is 1. The number of aliphatic imine (C=N–C) groups is 2. The molecule has 21 heteroatoms. The summed E-state index contributed by atoms with van der Waals surface area (Å²) >= 11 is 3.34. The van der Waals surface area contributed by atoms with E-state index in [0.29, 0.717) is 37.2 Å². The van der Waals surface area contributed by atoms with E-state index < -0.39 is 53.5 Å². The third-order valence-corrected chi connectivity index (χ3v) is 15.9. The third kappa shape index (κ3) is 14.9. The summed E-state index contributed by atoms with van der Waals surface area (Å²) in [5, 5.41) is 12.7. The fourth-order valence-corrected chi connectivity index (χ4v) is 11.0. The van der Waals surface area contributed by atoms with Crippen LogP contribution in [0.25, 0.3) is 0 Å². The fourth-order valence-electron chi connectivity index (χ4n) is 10.6. The number of benzene rings is 6. The minimum Gasteiger partial charge on any atom is -0.455 e. The molecule has 9 atom stereocenters. The highest BCUT2D eigenvalue weighted by Crippen LogP contribution is 2.50. The van der Waals surface area contributed by atoms with Crippen molar-refractivity contribution in [3.8, 4) is 0 Å². The molecule has 0 spiro atoms. The number of halogens is 1. The van der Waals surface area contributed by atoms with Crippen molar-refractivity contribution in [1.29, 1.82) is 0 Å². The Kier molecular flexibility index (Phi) is 20.4. The van der Waals surface area contributed by atoms with Gasteiger partial charge in [-0.25, -0.2) is 19.5 Å². The van der Waals surface area contributed by atoms with Crippen LogP contribution < -0.4 is 33.8 Å².